The van der Waals surface area contributed by atoms with Crippen LogP contribution < -0.4 is 18.9 Å². The van der Waals surface area contributed by atoms with Crippen molar-refractivity contribution in [2.75, 3.05) is 27.9 Å². The van der Waals surface area contributed by atoms with Crippen molar-refractivity contribution in [2.45, 2.75) is 46.5 Å². The van der Waals surface area contributed by atoms with Crippen molar-refractivity contribution < 1.29 is 18.9 Å². The van der Waals surface area contributed by atoms with E-state index in [1.807, 2.05) is 0 Å². The first-order valence-electron chi connectivity index (χ1n) is 9.06. The minimum Gasteiger partial charge on any atom is -0.493 e. The van der Waals surface area contributed by atoms with E-state index >= 15 is 0 Å². The average molecular weight is 350 g/mol. The number of hydrogen-bond acceptors (Lipinski definition) is 4. The molecule has 0 aliphatic rings. The van der Waals surface area contributed by atoms with Crippen LogP contribution in [0.2, 0.25) is 0 Å². The van der Waals surface area contributed by atoms with Gasteiger partial charge in [0, 0.05) is 6.07 Å². The van der Waals surface area contributed by atoms with Gasteiger partial charge in [0.25, 0.3) is 0 Å². The van der Waals surface area contributed by atoms with Gasteiger partial charge < -0.3 is 18.9 Å². The van der Waals surface area contributed by atoms with Gasteiger partial charge in [-0.25, -0.2) is 0 Å². The maximum absolute atomic E-state index is 6.06. The number of benzene rings is 1. The maximum atomic E-state index is 6.06. The second kappa shape index (κ2) is 10.9. The molecule has 1 rings (SSSR count). The SMILES string of the molecule is C=Cc1c(OC)c(OC)cc(OC)c1OCCC(C)CCCC(C)C. The molecule has 1 aromatic rings. The zero-order chi connectivity index (χ0) is 18.8. The van der Waals surface area contributed by atoms with Crippen molar-refractivity contribution >= 4 is 6.08 Å². The quantitative estimate of drug-likeness (QED) is 0.492. The highest BCUT2D eigenvalue weighted by Gasteiger charge is 2.20. The highest BCUT2D eigenvalue weighted by Crippen LogP contribution is 2.45. The minimum absolute atomic E-state index is 0.601. The van der Waals surface area contributed by atoms with E-state index in [9.17, 15) is 0 Å². The number of ether oxygens (including phenoxy) is 4. The molecule has 0 N–H and O–H groups in total. The summed E-state index contributed by atoms with van der Waals surface area (Å²) in [5.74, 6) is 3.90. The van der Waals surface area contributed by atoms with Crippen molar-refractivity contribution in [2.24, 2.45) is 11.8 Å². The van der Waals surface area contributed by atoms with Crippen molar-refractivity contribution in [1.29, 1.82) is 0 Å². The molecule has 0 spiro atoms. The first-order chi connectivity index (χ1) is 12.0. The normalized spacial score (nSPS) is 12.0. The van der Waals surface area contributed by atoms with Crippen LogP contribution in [0.15, 0.2) is 12.6 Å². The lowest BCUT2D eigenvalue weighted by atomic mass is 9.98. The molecule has 0 heterocycles. The summed E-state index contributed by atoms with van der Waals surface area (Å²) in [5, 5.41) is 0. The smallest absolute Gasteiger partial charge is 0.172 e. The van der Waals surface area contributed by atoms with E-state index in [1.165, 1.54) is 19.3 Å². The summed E-state index contributed by atoms with van der Waals surface area (Å²) in [4.78, 5) is 0. The molecule has 0 fully saturated rings. The van der Waals surface area contributed by atoms with Crippen molar-refractivity contribution in [1.82, 2.24) is 0 Å². The van der Waals surface area contributed by atoms with E-state index < -0.39 is 0 Å². The van der Waals surface area contributed by atoms with E-state index in [-0.39, 0.29) is 0 Å². The van der Waals surface area contributed by atoms with Gasteiger partial charge in [0.1, 0.15) is 0 Å². The standard InChI is InChI=1S/C21H34O4/c1-8-17-20(24-7)18(22-5)14-19(23-6)21(17)25-13-12-16(4)11-9-10-15(2)3/h8,14-16H,1,9-13H2,2-7H3. The van der Waals surface area contributed by atoms with Gasteiger partial charge in [-0.05, 0) is 18.3 Å². The topological polar surface area (TPSA) is 36.9 Å². The molecule has 1 aromatic carbocycles. The summed E-state index contributed by atoms with van der Waals surface area (Å²) in [5.41, 5.74) is 0.756. The first-order valence-corrected chi connectivity index (χ1v) is 9.06. The summed E-state index contributed by atoms with van der Waals surface area (Å²) in [6.45, 7) is 11.3. The van der Waals surface area contributed by atoms with Gasteiger partial charge in [0.15, 0.2) is 23.0 Å². The molecule has 4 nitrogen and oxygen atoms in total. The van der Waals surface area contributed by atoms with Gasteiger partial charge in [0.2, 0.25) is 0 Å². The Morgan fingerprint density at radius 2 is 1.56 bits per heavy atom. The summed E-state index contributed by atoms with van der Waals surface area (Å²) in [6.07, 6.45) is 6.52. The Balaban J connectivity index is 2.78. The molecular weight excluding hydrogens is 316 g/mol. The average Bonchev–Trinajstić information content (AvgIpc) is 2.60. The van der Waals surface area contributed by atoms with E-state index in [0.29, 0.717) is 35.5 Å². The largest absolute Gasteiger partial charge is 0.493 e. The Hall–Kier alpha value is -1.84. The van der Waals surface area contributed by atoms with Crippen LogP contribution in [0.4, 0.5) is 0 Å². The second-order valence-corrected chi connectivity index (χ2v) is 6.83. The summed E-state index contributed by atoms with van der Waals surface area (Å²) in [6, 6.07) is 1.78. The third-order valence-electron chi connectivity index (χ3n) is 4.38. The molecule has 0 amide bonds. The van der Waals surface area contributed by atoms with Crippen LogP contribution in [0, 0.1) is 11.8 Å². The third-order valence-corrected chi connectivity index (χ3v) is 4.38. The van der Waals surface area contributed by atoms with E-state index in [0.717, 1.165) is 17.9 Å². The molecule has 0 aliphatic carbocycles. The minimum atomic E-state index is 0.601. The van der Waals surface area contributed by atoms with Crippen LogP contribution in [0.25, 0.3) is 6.08 Å². The van der Waals surface area contributed by atoms with Crippen LogP contribution >= 0.6 is 0 Å². The van der Waals surface area contributed by atoms with Crippen molar-refractivity contribution in [3.8, 4) is 23.0 Å². The van der Waals surface area contributed by atoms with Gasteiger partial charge in [-0.2, -0.15) is 0 Å². The summed E-state index contributed by atoms with van der Waals surface area (Å²) < 4.78 is 22.4. The maximum Gasteiger partial charge on any atom is 0.172 e. The molecule has 0 saturated carbocycles. The molecule has 0 saturated heterocycles. The van der Waals surface area contributed by atoms with Crippen LogP contribution in [-0.2, 0) is 0 Å². The molecule has 0 aliphatic heterocycles. The molecular formula is C21H34O4. The van der Waals surface area contributed by atoms with Crippen LogP contribution in [0.1, 0.15) is 52.0 Å². The Morgan fingerprint density at radius 3 is 2.08 bits per heavy atom. The zero-order valence-corrected chi connectivity index (χ0v) is 16.7. The highest BCUT2D eigenvalue weighted by atomic mass is 16.5. The molecule has 142 valence electrons. The number of methoxy groups -OCH3 is 3. The molecule has 25 heavy (non-hydrogen) atoms. The Kier molecular flexibility index (Phi) is 9.25. The van der Waals surface area contributed by atoms with Gasteiger partial charge in [-0.15, -0.1) is 0 Å². The van der Waals surface area contributed by atoms with Gasteiger partial charge in [-0.1, -0.05) is 52.7 Å². The Morgan fingerprint density at radius 1 is 0.920 bits per heavy atom. The predicted molar refractivity (Wildman–Crippen MR) is 104 cm³/mol. The zero-order valence-electron chi connectivity index (χ0n) is 16.7. The Bertz CT molecular complexity index is 537. The van der Waals surface area contributed by atoms with Crippen molar-refractivity contribution in [3.05, 3.63) is 18.2 Å². The molecule has 4 heteroatoms. The molecule has 1 unspecified atom stereocenters. The fourth-order valence-corrected chi connectivity index (χ4v) is 2.85. The van der Waals surface area contributed by atoms with Gasteiger partial charge in [-0.3, -0.25) is 0 Å². The lowest BCUT2D eigenvalue weighted by Crippen LogP contribution is -2.07. The summed E-state index contributed by atoms with van der Waals surface area (Å²) in [7, 11) is 4.83. The van der Waals surface area contributed by atoms with Crippen molar-refractivity contribution in [3.63, 3.8) is 0 Å². The third kappa shape index (κ3) is 6.18. The van der Waals surface area contributed by atoms with E-state index in [4.69, 9.17) is 18.9 Å². The van der Waals surface area contributed by atoms with Crippen LogP contribution in [-0.4, -0.2) is 27.9 Å². The van der Waals surface area contributed by atoms with Gasteiger partial charge >= 0.3 is 0 Å². The van der Waals surface area contributed by atoms with Crippen LogP contribution in [0.3, 0.4) is 0 Å². The molecule has 0 bridgehead atoms. The predicted octanol–water partition coefficient (Wildman–Crippen LogP) is 5.59. The summed E-state index contributed by atoms with van der Waals surface area (Å²) >= 11 is 0. The monoisotopic (exact) mass is 350 g/mol. The van der Waals surface area contributed by atoms with Crippen LogP contribution in [0.5, 0.6) is 23.0 Å². The van der Waals surface area contributed by atoms with E-state index in [1.54, 1.807) is 33.5 Å². The number of rotatable bonds is 12. The fourth-order valence-electron chi connectivity index (χ4n) is 2.85. The first kappa shape index (κ1) is 21.2. The van der Waals surface area contributed by atoms with E-state index in [2.05, 4.69) is 27.4 Å². The Labute approximate surface area is 153 Å². The fraction of sp³-hybridized carbons (Fsp3) is 0.619. The lowest BCUT2D eigenvalue weighted by Gasteiger charge is -2.19. The second-order valence-electron chi connectivity index (χ2n) is 6.83. The lowest BCUT2D eigenvalue weighted by molar-refractivity contribution is 0.258. The molecule has 0 aromatic heterocycles. The van der Waals surface area contributed by atoms with Gasteiger partial charge in [0.05, 0.1) is 33.5 Å². The molecule has 1 atom stereocenters. The number of hydrogen-bond donors (Lipinski definition) is 0. The molecule has 0 radical (unpaired) electrons. The highest BCUT2D eigenvalue weighted by molar-refractivity contribution is 5.72.